The molecule has 0 aromatic heterocycles. The second-order valence-electron chi connectivity index (χ2n) is 5.66. The number of nitrogens with zero attached hydrogens (tertiary/aromatic N) is 1. The number of amides is 1. The van der Waals surface area contributed by atoms with E-state index in [0.717, 1.165) is 32.5 Å². The van der Waals surface area contributed by atoms with Crippen LogP contribution in [0.15, 0.2) is 24.3 Å². The van der Waals surface area contributed by atoms with Gasteiger partial charge in [0.25, 0.3) is 0 Å². The molecule has 2 unspecified atom stereocenters. The Morgan fingerprint density at radius 1 is 1.37 bits per heavy atom. The monoisotopic (exact) mass is 259 g/mol. The van der Waals surface area contributed by atoms with Gasteiger partial charge in [-0.2, -0.15) is 0 Å². The minimum absolute atomic E-state index is 0.0826. The molecule has 0 bridgehead atoms. The SMILES string of the molecule is CN1CCC(NC(=O)C2Cc3ccccc3CN2)C1. The second-order valence-corrected chi connectivity index (χ2v) is 5.66. The molecule has 19 heavy (non-hydrogen) atoms. The van der Waals surface area contributed by atoms with Crippen LogP contribution < -0.4 is 10.6 Å². The molecule has 2 aliphatic rings. The van der Waals surface area contributed by atoms with Gasteiger partial charge in [-0.25, -0.2) is 0 Å². The van der Waals surface area contributed by atoms with Crippen molar-refractivity contribution in [2.75, 3.05) is 20.1 Å². The van der Waals surface area contributed by atoms with Gasteiger partial charge in [0.15, 0.2) is 0 Å². The van der Waals surface area contributed by atoms with Gasteiger partial charge in [0.1, 0.15) is 0 Å². The molecule has 0 aliphatic carbocycles. The summed E-state index contributed by atoms with van der Waals surface area (Å²) in [7, 11) is 2.10. The first kappa shape index (κ1) is 12.6. The summed E-state index contributed by atoms with van der Waals surface area (Å²) in [5.41, 5.74) is 2.61. The minimum atomic E-state index is -0.0826. The summed E-state index contributed by atoms with van der Waals surface area (Å²) in [5, 5.41) is 6.50. The van der Waals surface area contributed by atoms with E-state index in [4.69, 9.17) is 0 Å². The van der Waals surface area contributed by atoms with E-state index in [-0.39, 0.29) is 11.9 Å². The molecule has 2 atom stereocenters. The molecule has 1 saturated heterocycles. The van der Waals surface area contributed by atoms with Crippen LogP contribution in [0.4, 0.5) is 0 Å². The zero-order valence-corrected chi connectivity index (χ0v) is 11.4. The van der Waals surface area contributed by atoms with Crippen LogP contribution in [0.1, 0.15) is 17.5 Å². The van der Waals surface area contributed by atoms with E-state index in [9.17, 15) is 4.79 Å². The van der Waals surface area contributed by atoms with Crippen LogP contribution in [0.5, 0.6) is 0 Å². The van der Waals surface area contributed by atoms with Crippen molar-refractivity contribution >= 4 is 5.91 Å². The highest BCUT2D eigenvalue weighted by Gasteiger charge is 2.27. The Hall–Kier alpha value is -1.39. The van der Waals surface area contributed by atoms with Gasteiger partial charge < -0.3 is 15.5 Å². The number of likely N-dealkylation sites (N-methyl/N-ethyl adjacent to an activating group) is 1. The summed E-state index contributed by atoms with van der Waals surface area (Å²) in [5.74, 6) is 0.148. The van der Waals surface area contributed by atoms with Gasteiger partial charge in [0, 0.05) is 19.1 Å². The van der Waals surface area contributed by atoms with Crippen molar-refractivity contribution in [3.05, 3.63) is 35.4 Å². The number of carbonyl (C=O) groups is 1. The summed E-state index contributed by atoms with van der Waals surface area (Å²) >= 11 is 0. The average Bonchev–Trinajstić information content (AvgIpc) is 2.83. The Morgan fingerprint density at radius 3 is 2.89 bits per heavy atom. The van der Waals surface area contributed by atoms with Gasteiger partial charge in [-0.3, -0.25) is 4.79 Å². The Morgan fingerprint density at radius 2 is 2.16 bits per heavy atom. The molecule has 4 heteroatoms. The van der Waals surface area contributed by atoms with Gasteiger partial charge in [-0.15, -0.1) is 0 Å². The van der Waals surface area contributed by atoms with Crippen LogP contribution in [0.25, 0.3) is 0 Å². The molecule has 1 amide bonds. The number of likely N-dealkylation sites (tertiary alicyclic amines) is 1. The molecular weight excluding hydrogens is 238 g/mol. The fourth-order valence-electron chi connectivity index (χ4n) is 2.99. The third-order valence-electron chi connectivity index (χ3n) is 4.14. The summed E-state index contributed by atoms with van der Waals surface area (Å²) in [6.45, 7) is 2.83. The molecule has 2 heterocycles. The van der Waals surface area contributed by atoms with Crippen molar-refractivity contribution in [2.45, 2.75) is 31.5 Å². The van der Waals surface area contributed by atoms with Crippen molar-refractivity contribution in [3.63, 3.8) is 0 Å². The van der Waals surface area contributed by atoms with Crippen LogP contribution in [-0.2, 0) is 17.8 Å². The van der Waals surface area contributed by atoms with Gasteiger partial charge >= 0.3 is 0 Å². The standard InChI is InChI=1S/C15H21N3O/c1-18-7-6-13(10-18)17-15(19)14-8-11-4-2-3-5-12(11)9-16-14/h2-5,13-14,16H,6-10H2,1H3,(H,17,19). The Bertz CT molecular complexity index is 474. The van der Waals surface area contributed by atoms with Crippen LogP contribution in [0.2, 0.25) is 0 Å². The van der Waals surface area contributed by atoms with E-state index >= 15 is 0 Å². The van der Waals surface area contributed by atoms with Gasteiger partial charge in [0.05, 0.1) is 6.04 Å². The lowest BCUT2D eigenvalue weighted by atomic mass is 9.95. The molecular formula is C15H21N3O. The third-order valence-corrected chi connectivity index (χ3v) is 4.14. The van der Waals surface area contributed by atoms with Gasteiger partial charge in [0.2, 0.25) is 5.91 Å². The lowest BCUT2D eigenvalue weighted by Gasteiger charge is -2.26. The second kappa shape index (κ2) is 5.31. The van der Waals surface area contributed by atoms with Crippen molar-refractivity contribution in [1.82, 2.24) is 15.5 Å². The zero-order chi connectivity index (χ0) is 13.2. The van der Waals surface area contributed by atoms with E-state index in [1.807, 2.05) is 6.07 Å². The third kappa shape index (κ3) is 2.80. The van der Waals surface area contributed by atoms with Crippen LogP contribution in [0, 0.1) is 0 Å². The number of nitrogens with one attached hydrogen (secondary N) is 2. The van der Waals surface area contributed by atoms with Crippen molar-refractivity contribution < 1.29 is 4.79 Å². The number of carbonyl (C=O) groups excluding carboxylic acids is 1. The molecule has 2 aliphatic heterocycles. The maximum atomic E-state index is 12.3. The first-order chi connectivity index (χ1) is 9.22. The first-order valence-corrected chi connectivity index (χ1v) is 7.01. The van der Waals surface area contributed by atoms with Crippen molar-refractivity contribution in [1.29, 1.82) is 0 Å². The Balaban J connectivity index is 1.60. The first-order valence-electron chi connectivity index (χ1n) is 7.01. The predicted molar refractivity (Wildman–Crippen MR) is 74.8 cm³/mol. The molecule has 0 saturated carbocycles. The van der Waals surface area contributed by atoms with Crippen LogP contribution in [0.3, 0.4) is 0 Å². The molecule has 4 nitrogen and oxygen atoms in total. The Labute approximate surface area is 114 Å². The number of fused-ring (bicyclic) bond motifs is 1. The molecule has 0 spiro atoms. The molecule has 1 aromatic rings. The van der Waals surface area contributed by atoms with E-state index in [0.29, 0.717) is 6.04 Å². The van der Waals surface area contributed by atoms with E-state index in [2.05, 4.69) is 40.8 Å². The highest BCUT2D eigenvalue weighted by molar-refractivity contribution is 5.82. The van der Waals surface area contributed by atoms with Crippen LogP contribution in [-0.4, -0.2) is 43.0 Å². The number of benzene rings is 1. The molecule has 2 N–H and O–H groups in total. The smallest absolute Gasteiger partial charge is 0.237 e. The summed E-state index contributed by atoms with van der Waals surface area (Å²) in [6, 6.07) is 8.58. The van der Waals surface area contributed by atoms with Crippen molar-refractivity contribution in [2.24, 2.45) is 0 Å². The molecule has 3 rings (SSSR count). The molecule has 1 aromatic carbocycles. The maximum Gasteiger partial charge on any atom is 0.237 e. The minimum Gasteiger partial charge on any atom is -0.351 e. The van der Waals surface area contributed by atoms with Gasteiger partial charge in [-0.1, -0.05) is 24.3 Å². The average molecular weight is 259 g/mol. The van der Waals surface area contributed by atoms with Gasteiger partial charge in [-0.05, 0) is 37.6 Å². The lowest BCUT2D eigenvalue weighted by molar-refractivity contribution is -0.123. The summed E-state index contributed by atoms with van der Waals surface area (Å²) in [4.78, 5) is 14.5. The zero-order valence-electron chi connectivity index (χ0n) is 11.4. The van der Waals surface area contributed by atoms with E-state index < -0.39 is 0 Å². The number of rotatable bonds is 2. The normalized spacial score (nSPS) is 27.0. The largest absolute Gasteiger partial charge is 0.351 e. The van der Waals surface area contributed by atoms with Crippen LogP contribution >= 0.6 is 0 Å². The topological polar surface area (TPSA) is 44.4 Å². The van der Waals surface area contributed by atoms with E-state index in [1.54, 1.807) is 0 Å². The lowest BCUT2D eigenvalue weighted by Crippen LogP contribution is -2.50. The summed E-state index contributed by atoms with van der Waals surface area (Å²) in [6.07, 6.45) is 1.86. The predicted octanol–water partition coefficient (Wildman–Crippen LogP) is 0.521. The highest BCUT2D eigenvalue weighted by Crippen LogP contribution is 2.16. The maximum absolute atomic E-state index is 12.3. The van der Waals surface area contributed by atoms with Crippen molar-refractivity contribution in [3.8, 4) is 0 Å². The number of hydrogen-bond acceptors (Lipinski definition) is 3. The highest BCUT2D eigenvalue weighted by atomic mass is 16.2. The quantitative estimate of drug-likeness (QED) is 0.814. The molecule has 1 fully saturated rings. The molecule has 102 valence electrons. The Kier molecular flexibility index (Phi) is 3.53. The number of hydrogen-bond donors (Lipinski definition) is 2. The summed E-state index contributed by atoms with van der Waals surface area (Å²) < 4.78 is 0. The van der Waals surface area contributed by atoms with E-state index in [1.165, 1.54) is 11.1 Å². The fourth-order valence-corrected chi connectivity index (χ4v) is 2.99. The fraction of sp³-hybridized carbons (Fsp3) is 0.533. The molecule has 0 radical (unpaired) electrons.